The number of hydrogen-bond acceptors (Lipinski definition) is 6. The van der Waals surface area contributed by atoms with Crippen LogP contribution in [0.25, 0.3) is 0 Å². The Labute approximate surface area is 147 Å². The second-order valence-corrected chi connectivity index (χ2v) is 6.18. The third-order valence-corrected chi connectivity index (χ3v) is 4.29. The summed E-state index contributed by atoms with van der Waals surface area (Å²) in [5, 5.41) is 15.3. The van der Waals surface area contributed by atoms with E-state index in [4.69, 9.17) is 11.6 Å². The molecule has 0 bridgehead atoms. The average molecular weight is 359 g/mol. The zero-order chi connectivity index (χ0) is 16.9. The number of nitrogens with one attached hydrogen (secondary N) is 1. The summed E-state index contributed by atoms with van der Waals surface area (Å²) in [4.78, 5) is 20.0. The van der Waals surface area contributed by atoms with E-state index in [1.807, 2.05) is 30.3 Å². The van der Waals surface area contributed by atoms with Gasteiger partial charge >= 0.3 is 5.69 Å². The number of nitro groups is 1. The van der Waals surface area contributed by atoms with Gasteiger partial charge in [0.1, 0.15) is 6.33 Å². The number of aromatic nitrogens is 2. The van der Waals surface area contributed by atoms with E-state index in [2.05, 4.69) is 15.3 Å². The quantitative estimate of drug-likeness (QED) is 0.395. The number of anilines is 2. The molecule has 8 heteroatoms. The van der Waals surface area contributed by atoms with E-state index in [1.165, 1.54) is 18.1 Å². The van der Waals surface area contributed by atoms with Crippen LogP contribution in [0.2, 0.25) is 5.02 Å². The van der Waals surface area contributed by atoms with Gasteiger partial charge in [-0.05, 0) is 36.4 Å². The molecule has 1 aromatic heterocycles. The Kier molecular flexibility index (Phi) is 4.93. The number of hydrogen-bond donors (Lipinski definition) is 1. The van der Waals surface area contributed by atoms with Gasteiger partial charge in [0.15, 0.2) is 5.03 Å². The smallest absolute Gasteiger partial charge is 0.334 e. The standard InChI is InChI=1S/C16H11ClN4O2S/c17-11-6-8-12(9-7-11)20-15-14(21(22)23)16(19-10-18-15)24-13-4-2-1-3-5-13/h1-10H,(H,18,19,20). The van der Waals surface area contributed by atoms with Crippen LogP contribution < -0.4 is 5.32 Å². The van der Waals surface area contributed by atoms with Crippen molar-refractivity contribution >= 4 is 40.6 Å². The van der Waals surface area contributed by atoms with Gasteiger partial charge in [0, 0.05) is 15.6 Å². The predicted octanol–water partition coefficient (Wildman–Crippen LogP) is 4.93. The molecule has 0 unspecified atom stereocenters. The Balaban J connectivity index is 1.96. The highest BCUT2D eigenvalue weighted by Gasteiger charge is 2.23. The van der Waals surface area contributed by atoms with Crippen molar-refractivity contribution in [2.45, 2.75) is 9.92 Å². The summed E-state index contributed by atoms with van der Waals surface area (Å²) in [5.74, 6) is 0.135. The molecule has 1 N–H and O–H groups in total. The summed E-state index contributed by atoms with van der Waals surface area (Å²) in [7, 11) is 0. The minimum atomic E-state index is -0.483. The number of nitrogens with zero attached hydrogens (tertiary/aromatic N) is 3. The SMILES string of the molecule is O=[N+]([O-])c1c(Nc2ccc(Cl)cc2)ncnc1Sc1ccccc1. The van der Waals surface area contributed by atoms with Gasteiger partial charge in [-0.15, -0.1) is 0 Å². The summed E-state index contributed by atoms with van der Waals surface area (Å²) < 4.78 is 0. The first-order valence-electron chi connectivity index (χ1n) is 6.88. The van der Waals surface area contributed by atoms with Crippen LogP contribution in [-0.4, -0.2) is 14.9 Å². The Bertz CT molecular complexity index is 860. The highest BCUT2D eigenvalue weighted by atomic mass is 35.5. The zero-order valence-electron chi connectivity index (χ0n) is 12.2. The van der Waals surface area contributed by atoms with E-state index in [1.54, 1.807) is 24.3 Å². The Morgan fingerprint density at radius 1 is 1.04 bits per heavy atom. The number of rotatable bonds is 5. The van der Waals surface area contributed by atoms with Crippen LogP contribution in [-0.2, 0) is 0 Å². The van der Waals surface area contributed by atoms with Crippen LogP contribution in [0.15, 0.2) is 70.8 Å². The minimum absolute atomic E-state index is 0.135. The summed E-state index contributed by atoms with van der Waals surface area (Å²) >= 11 is 7.06. The second-order valence-electron chi connectivity index (χ2n) is 4.68. The molecule has 120 valence electrons. The Hall–Kier alpha value is -2.64. The molecule has 0 aliphatic carbocycles. The van der Waals surface area contributed by atoms with E-state index in [0.717, 1.165) is 4.90 Å². The van der Waals surface area contributed by atoms with Crippen LogP contribution in [0.1, 0.15) is 0 Å². The lowest BCUT2D eigenvalue weighted by Gasteiger charge is -2.08. The van der Waals surface area contributed by atoms with Crippen LogP contribution in [0, 0.1) is 10.1 Å². The topological polar surface area (TPSA) is 81.0 Å². The summed E-state index contributed by atoms with van der Waals surface area (Å²) in [6.07, 6.45) is 1.30. The van der Waals surface area contributed by atoms with Crippen molar-refractivity contribution in [2.24, 2.45) is 0 Å². The first kappa shape index (κ1) is 16.2. The molecule has 0 saturated carbocycles. The van der Waals surface area contributed by atoms with Gasteiger partial charge in [0.2, 0.25) is 5.82 Å². The van der Waals surface area contributed by atoms with E-state index in [0.29, 0.717) is 10.7 Å². The molecule has 3 aromatic rings. The molecule has 0 spiro atoms. The van der Waals surface area contributed by atoms with Crippen molar-refractivity contribution in [3.63, 3.8) is 0 Å². The third-order valence-electron chi connectivity index (χ3n) is 3.04. The molecule has 0 saturated heterocycles. The van der Waals surface area contributed by atoms with Crippen LogP contribution in [0.5, 0.6) is 0 Å². The lowest BCUT2D eigenvalue weighted by molar-refractivity contribution is -0.387. The molecule has 0 fully saturated rings. The van der Waals surface area contributed by atoms with Gasteiger partial charge in [-0.3, -0.25) is 10.1 Å². The number of benzene rings is 2. The summed E-state index contributed by atoms with van der Waals surface area (Å²) in [6.45, 7) is 0. The molecule has 0 amide bonds. The largest absolute Gasteiger partial charge is 0.343 e. The van der Waals surface area contributed by atoms with Gasteiger partial charge in [-0.25, -0.2) is 9.97 Å². The third kappa shape index (κ3) is 3.81. The molecule has 24 heavy (non-hydrogen) atoms. The van der Waals surface area contributed by atoms with E-state index in [9.17, 15) is 10.1 Å². The first-order chi connectivity index (χ1) is 11.6. The normalized spacial score (nSPS) is 10.4. The molecule has 6 nitrogen and oxygen atoms in total. The molecule has 3 rings (SSSR count). The highest BCUT2D eigenvalue weighted by molar-refractivity contribution is 7.99. The van der Waals surface area contributed by atoms with Crippen molar-refractivity contribution in [3.05, 3.63) is 76.1 Å². The summed E-state index contributed by atoms with van der Waals surface area (Å²) in [6, 6.07) is 16.2. The summed E-state index contributed by atoms with van der Waals surface area (Å²) in [5.41, 5.74) is 0.484. The first-order valence-corrected chi connectivity index (χ1v) is 8.08. The molecular formula is C16H11ClN4O2S. The van der Waals surface area contributed by atoms with Crippen LogP contribution in [0.4, 0.5) is 17.2 Å². The van der Waals surface area contributed by atoms with E-state index in [-0.39, 0.29) is 16.5 Å². The molecule has 0 aliphatic heterocycles. The van der Waals surface area contributed by atoms with E-state index < -0.39 is 4.92 Å². The molecule has 2 aromatic carbocycles. The van der Waals surface area contributed by atoms with Crippen molar-refractivity contribution in [1.29, 1.82) is 0 Å². The molecule has 0 atom stereocenters. The second kappa shape index (κ2) is 7.29. The van der Waals surface area contributed by atoms with Gasteiger partial charge in [-0.1, -0.05) is 41.6 Å². The molecule has 0 aliphatic rings. The van der Waals surface area contributed by atoms with Crippen molar-refractivity contribution in [1.82, 2.24) is 9.97 Å². The maximum Gasteiger partial charge on any atom is 0.343 e. The van der Waals surface area contributed by atoms with Crippen LogP contribution >= 0.6 is 23.4 Å². The Morgan fingerprint density at radius 2 is 1.75 bits per heavy atom. The van der Waals surface area contributed by atoms with Crippen LogP contribution in [0.3, 0.4) is 0 Å². The number of halogens is 1. The maximum absolute atomic E-state index is 11.5. The Morgan fingerprint density at radius 3 is 2.42 bits per heavy atom. The fraction of sp³-hybridized carbons (Fsp3) is 0. The fourth-order valence-corrected chi connectivity index (χ4v) is 2.97. The van der Waals surface area contributed by atoms with Gasteiger partial charge in [-0.2, -0.15) is 0 Å². The predicted molar refractivity (Wildman–Crippen MR) is 94.0 cm³/mol. The lowest BCUT2D eigenvalue weighted by Crippen LogP contribution is -2.02. The maximum atomic E-state index is 11.5. The van der Waals surface area contributed by atoms with Crippen molar-refractivity contribution < 1.29 is 4.92 Å². The molecule has 1 heterocycles. The molecular weight excluding hydrogens is 348 g/mol. The minimum Gasteiger partial charge on any atom is -0.334 e. The lowest BCUT2D eigenvalue weighted by atomic mass is 10.3. The zero-order valence-corrected chi connectivity index (χ0v) is 13.8. The van der Waals surface area contributed by atoms with Gasteiger partial charge in [0.25, 0.3) is 0 Å². The monoisotopic (exact) mass is 358 g/mol. The average Bonchev–Trinajstić information content (AvgIpc) is 2.58. The van der Waals surface area contributed by atoms with Crippen molar-refractivity contribution in [2.75, 3.05) is 5.32 Å². The van der Waals surface area contributed by atoms with Gasteiger partial charge < -0.3 is 5.32 Å². The molecule has 0 radical (unpaired) electrons. The fourth-order valence-electron chi connectivity index (χ4n) is 1.96. The highest BCUT2D eigenvalue weighted by Crippen LogP contribution is 2.37. The van der Waals surface area contributed by atoms with E-state index >= 15 is 0 Å². The van der Waals surface area contributed by atoms with Crippen molar-refractivity contribution in [3.8, 4) is 0 Å². The van der Waals surface area contributed by atoms with Gasteiger partial charge in [0.05, 0.1) is 4.92 Å².